The standard InChI is InChI=1S/C11H14N2O2/c12-13-11(14)10-9(6-7-15-10)8-4-2-1-3-5-8/h1-5,9-10H,6-7,12H2,(H,13,14)/t9-,10-/m0/s1. The summed E-state index contributed by atoms with van der Waals surface area (Å²) in [5.74, 6) is 4.98. The fourth-order valence-corrected chi connectivity index (χ4v) is 1.97. The molecule has 1 saturated heterocycles. The van der Waals surface area contributed by atoms with Crippen molar-refractivity contribution in [1.82, 2.24) is 5.43 Å². The Kier molecular flexibility index (Phi) is 2.99. The van der Waals surface area contributed by atoms with Crippen LogP contribution in [-0.4, -0.2) is 18.6 Å². The van der Waals surface area contributed by atoms with E-state index in [-0.39, 0.29) is 11.8 Å². The average Bonchev–Trinajstić information content (AvgIpc) is 2.78. The molecule has 0 aromatic heterocycles. The predicted molar refractivity (Wildman–Crippen MR) is 55.9 cm³/mol. The second-order valence-corrected chi connectivity index (χ2v) is 3.61. The third-order valence-electron chi connectivity index (χ3n) is 2.72. The average molecular weight is 206 g/mol. The van der Waals surface area contributed by atoms with Crippen molar-refractivity contribution in [3.63, 3.8) is 0 Å². The Balaban J connectivity index is 2.18. The van der Waals surface area contributed by atoms with Crippen molar-refractivity contribution in [3.8, 4) is 0 Å². The molecule has 3 N–H and O–H groups in total. The number of nitrogens with two attached hydrogens (primary N) is 1. The monoisotopic (exact) mass is 206 g/mol. The van der Waals surface area contributed by atoms with Crippen molar-refractivity contribution in [2.45, 2.75) is 18.4 Å². The first-order chi connectivity index (χ1) is 7.33. The van der Waals surface area contributed by atoms with Gasteiger partial charge in [-0.2, -0.15) is 0 Å². The molecule has 1 aromatic carbocycles. The Morgan fingerprint density at radius 3 is 2.80 bits per heavy atom. The summed E-state index contributed by atoms with van der Waals surface area (Å²) in [5.41, 5.74) is 3.27. The molecule has 0 aliphatic carbocycles. The highest BCUT2D eigenvalue weighted by atomic mass is 16.5. The zero-order valence-corrected chi connectivity index (χ0v) is 8.35. The van der Waals surface area contributed by atoms with E-state index in [4.69, 9.17) is 10.6 Å². The second-order valence-electron chi connectivity index (χ2n) is 3.61. The molecule has 2 atom stereocenters. The lowest BCUT2D eigenvalue weighted by Crippen LogP contribution is -2.41. The summed E-state index contributed by atoms with van der Waals surface area (Å²) in [6, 6.07) is 9.90. The van der Waals surface area contributed by atoms with E-state index in [1.807, 2.05) is 30.3 Å². The minimum absolute atomic E-state index is 0.120. The Bertz CT molecular complexity index is 340. The van der Waals surface area contributed by atoms with E-state index in [1.165, 1.54) is 0 Å². The summed E-state index contributed by atoms with van der Waals surface area (Å²) < 4.78 is 5.38. The van der Waals surface area contributed by atoms with Crippen molar-refractivity contribution in [1.29, 1.82) is 0 Å². The van der Waals surface area contributed by atoms with E-state index in [0.29, 0.717) is 6.61 Å². The predicted octanol–water partition coefficient (Wildman–Crippen LogP) is 0.549. The van der Waals surface area contributed by atoms with Crippen LogP contribution in [0.25, 0.3) is 0 Å². The van der Waals surface area contributed by atoms with Crippen molar-refractivity contribution in [2.24, 2.45) is 5.84 Å². The summed E-state index contributed by atoms with van der Waals surface area (Å²) in [6.07, 6.45) is 0.416. The van der Waals surface area contributed by atoms with Crippen LogP contribution in [0.5, 0.6) is 0 Å². The molecule has 0 spiro atoms. The van der Waals surface area contributed by atoms with Gasteiger partial charge in [0.05, 0.1) is 0 Å². The van der Waals surface area contributed by atoms with Crippen LogP contribution in [-0.2, 0) is 9.53 Å². The van der Waals surface area contributed by atoms with Gasteiger partial charge in [-0.1, -0.05) is 30.3 Å². The molecule has 0 saturated carbocycles. The number of carbonyl (C=O) groups excluding carboxylic acids is 1. The van der Waals surface area contributed by atoms with Crippen LogP contribution >= 0.6 is 0 Å². The highest BCUT2D eigenvalue weighted by Crippen LogP contribution is 2.30. The Morgan fingerprint density at radius 1 is 1.40 bits per heavy atom. The number of rotatable bonds is 2. The summed E-state index contributed by atoms with van der Waals surface area (Å²) in [7, 11) is 0. The molecule has 15 heavy (non-hydrogen) atoms. The number of hydrogen-bond donors (Lipinski definition) is 2. The summed E-state index contributed by atoms with van der Waals surface area (Å²) in [5, 5.41) is 0. The van der Waals surface area contributed by atoms with Gasteiger partial charge in [0.25, 0.3) is 5.91 Å². The van der Waals surface area contributed by atoms with E-state index in [2.05, 4.69) is 5.43 Å². The fourth-order valence-electron chi connectivity index (χ4n) is 1.97. The van der Waals surface area contributed by atoms with Crippen LogP contribution in [0.4, 0.5) is 0 Å². The number of nitrogens with one attached hydrogen (secondary N) is 1. The Labute approximate surface area is 88.4 Å². The van der Waals surface area contributed by atoms with Crippen molar-refractivity contribution in [2.75, 3.05) is 6.61 Å². The number of benzene rings is 1. The maximum Gasteiger partial charge on any atom is 0.263 e. The number of carbonyl (C=O) groups is 1. The molecule has 0 radical (unpaired) electrons. The zero-order valence-electron chi connectivity index (χ0n) is 8.35. The molecule has 1 amide bonds. The van der Waals surface area contributed by atoms with Gasteiger partial charge in [-0.3, -0.25) is 10.2 Å². The first-order valence-electron chi connectivity index (χ1n) is 5.00. The van der Waals surface area contributed by atoms with Crippen molar-refractivity contribution in [3.05, 3.63) is 35.9 Å². The lowest BCUT2D eigenvalue weighted by Gasteiger charge is -2.16. The Morgan fingerprint density at radius 2 is 2.13 bits per heavy atom. The second kappa shape index (κ2) is 4.42. The Hall–Kier alpha value is -1.39. The van der Waals surface area contributed by atoms with Gasteiger partial charge < -0.3 is 4.74 Å². The topological polar surface area (TPSA) is 64.3 Å². The first-order valence-corrected chi connectivity index (χ1v) is 5.00. The largest absolute Gasteiger partial charge is 0.368 e. The van der Waals surface area contributed by atoms with Crippen LogP contribution in [0.15, 0.2) is 30.3 Å². The number of hydrogen-bond acceptors (Lipinski definition) is 3. The molecule has 4 heteroatoms. The molecule has 80 valence electrons. The van der Waals surface area contributed by atoms with Gasteiger partial charge in [-0.05, 0) is 12.0 Å². The maximum absolute atomic E-state index is 11.4. The molecule has 1 aliphatic rings. The third-order valence-corrected chi connectivity index (χ3v) is 2.72. The van der Waals surface area contributed by atoms with Gasteiger partial charge in [-0.25, -0.2) is 5.84 Å². The minimum atomic E-state index is -0.447. The van der Waals surface area contributed by atoms with E-state index < -0.39 is 6.10 Å². The van der Waals surface area contributed by atoms with Crippen LogP contribution in [0.1, 0.15) is 17.9 Å². The van der Waals surface area contributed by atoms with Gasteiger partial charge >= 0.3 is 0 Å². The molecular weight excluding hydrogens is 192 g/mol. The zero-order chi connectivity index (χ0) is 10.7. The molecule has 1 aromatic rings. The van der Waals surface area contributed by atoms with Gasteiger partial charge in [0.15, 0.2) is 0 Å². The molecular formula is C11H14N2O2. The number of amides is 1. The lowest BCUT2D eigenvalue weighted by molar-refractivity contribution is -0.130. The smallest absolute Gasteiger partial charge is 0.263 e. The van der Waals surface area contributed by atoms with Gasteiger partial charge in [0.1, 0.15) is 6.10 Å². The molecule has 1 aliphatic heterocycles. The third kappa shape index (κ3) is 2.00. The SMILES string of the molecule is NNC(=O)[C@H]1OCC[C@H]1c1ccccc1. The summed E-state index contributed by atoms with van der Waals surface area (Å²) in [4.78, 5) is 11.4. The van der Waals surface area contributed by atoms with E-state index in [1.54, 1.807) is 0 Å². The molecule has 1 fully saturated rings. The molecule has 2 rings (SSSR count). The van der Waals surface area contributed by atoms with Gasteiger partial charge in [-0.15, -0.1) is 0 Å². The van der Waals surface area contributed by atoms with Gasteiger partial charge in [0, 0.05) is 12.5 Å². The molecule has 0 bridgehead atoms. The molecule has 1 heterocycles. The molecule has 0 unspecified atom stereocenters. The van der Waals surface area contributed by atoms with Crippen LogP contribution in [0.2, 0.25) is 0 Å². The highest BCUT2D eigenvalue weighted by molar-refractivity contribution is 5.81. The maximum atomic E-state index is 11.4. The summed E-state index contributed by atoms with van der Waals surface area (Å²) >= 11 is 0. The molecule has 4 nitrogen and oxygen atoms in total. The van der Waals surface area contributed by atoms with Crippen LogP contribution in [0.3, 0.4) is 0 Å². The number of ether oxygens (including phenoxy) is 1. The van der Waals surface area contributed by atoms with Crippen molar-refractivity contribution < 1.29 is 9.53 Å². The van der Waals surface area contributed by atoms with E-state index >= 15 is 0 Å². The number of hydrazine groups is 1. The first kappa shape index (κ1) is 10.1. The quantitative estimate of drug-likeness (QED) is 0.422. The van der Waals surface area contributed by atoms with E-state index in [0.717, 1.165) is 12.0 Å². The normalized spacial score (nSPS) is 25.1. The van der Waals surface area contributed by atoms with Crippen LogP contribution in [0, 0.1) is 0 Å². The fraction of sp³-hybridized carbons (Fsp3) is 0.364. The van der Waals surface area contributed by atoms with E-state index in [9.17, 15) is 4.79 Å². The van der Waals surface area contributed by atoms with Gasteiger partial charge in [0.2, 0.25) is 0 Å². The minimum Gasteiger partial charge on any atom is -0.368 e. The van der Waals surface area contributed by atoms with Crippen molar-refractivity contribution >= 4 is 5.91 Å². The lowest BCUT2D eigenvalue weighted by atomic mass is 9.92. The highest BCUT2D eigenvalue weighted by Gasteiger charge is 2.34. The van der Waals surface area contributed by atoms with Crippen LogP contribution < -0.4 is 11.3 Å². The summed E-state index contributed by atoms with van der Waals surface area (Å²) in [6.45, 7) is 0.609.